The maximum atomic E-state index is 13.6. The fourth-order valence-electron chi connectivity index (χ4n) is 2.42. The van der Waals surface area contributed by atoms with Gasteiger partial charge in [-0.1, -0.05) is 0 Å². The number of esters is 1. The molecule has 9 heteroatoms. The van der Waals surface area contributed by atoms with E-state index in [9.17, 15) is 27.6 Å². The number of thiophene rings is 1. The third kappa shape index (κ3) is 5.19. The zero-order valence-electron chi connectivity index (χ0n) is 15.4. The SMILES string of the molecule is Cc1cc(C(=O)CCC(=O)O[C@@H](C)C(=O)Nc2ccc(F)c(F)c2F)c(C)s1. The van der Waals surface area contributed by atoms with Crippen LogP contribution in [-0.2, 0) is 14.3 Å². The minimum absolute atomic E-state index is 0.0814. The van der Waals surface area contributed by atoms with E-state index in [1.54, 1.807) is 6.07 Å². The minimum Gasteiger partial charge on any atom is -0.453 e. The van der Waals surface area contributed by atoms with Gasteiger partial charge in [-0.3, -0.25) is 14.4 Å². The number of ketones is 1. The Kier molecular flexibility index (Phi) is 6.95. The monoisotopic (exact) mass is 413 g/mol. The summed E-state index contributed by atoms with van der Waals surface area (Å²) >= 11 is 1.48. The Morgan fingerprint density at radius 3 is 2.39 bits per heavy atom. The predicted molar refractivity (Wildman–Crippen MR) is 97.9 cm³/mol. The van der Waals surface area contributed by atoms with Crippen LogP contribution in [0, 0.1) is 31.3 Å². The van der Waals surface area contributed by atoms with Crippen LogP contribution in [-0.4, -0.2) is 23.8 Å². The molecule has 1 aromatic heterocycles. The molecule has 2 rings (SSSR count). The molecule has 1 atom stereocenters. The van der Waals surface area contributed by atoms with Crippen LogP contribution in [0.4, 0.5) is 18.9 Å². The van der Waals surface area contributed by atoms with Crippen molar-refractivity contribution in [3.05, 3.63) is 51.0 Å². The van der Waals surface area contributed by atoms with Gasteiger partial charge in [0, 0.05) is 21.7 Å². The second-order valence-electron chi connectivity index (χ2n) is 6.09. The molecule has 2 aromatic rings. The molecule has 0 saturated heterocycles. The summed E-state index contributed by atoms with van der Waals surface area (Å²) < 4.78 is 44.6. The topological polar surface area (TPSA) is 72.5 Å². The number of halogens is 3. The molecule has 1 heterocycles. The highest BCUT2D eigenvalue weighted by Gasteiger charge is 2.22. The average Bonchev–Trinajstić information content (AvgIpc) is 2.98. The molecule has 1 N–H and O–H groups in total. The normalized spacial score (nSPS) is 11.8. The van der Waals surface area contributed by atoms with E-state index in [4.69, 9.17) is 4.74 Å². The summed E-state index contributed by atoms with van der Waals surface area (Å²) in [5, 5.41) is 2.02. The molecule has 0 aliphatic heterocycles. The highest BCUT2D eigenvalue weighted by molar-refractivity contribution is 7.12. The number of hydrogen-bond donors (Lipinski definition) is 1. The van der Waals surface area contributed by atoms with E-state index in [0.717, 1.165) is 15.8 Å². The van der Waals surface area contributed by atoms with Crippen LogP contribution in [0.15, 0.2) is 18.2 Å². The van der Waals surface area contributed by atoms with E-state index >= 15 is 0 Å². The number of aryl methyl sites for hydroxylation is 2. The summed E-state index contributed by atoms with van der Waals surface area (Å²) in [6.07, 6.45) is -1.63. The van der Waals surface area contributed by atoms with Crippen molar-refractivity contribution in [1.82, 2.24) is 0 Å². The summed E-state index contributed by atoms with van der Waals surface area (Å²) in [4.78, 5) is 37.8. The van der Waals surface area contributed by atoms with E-state index < -0.39 is 41.1 Å². The number of carbonyl (C=O) groups is 3. The Morgan fingerprint density at radius 2 is 1.79 bits per heavy atom. The molecule has 0 saturated carbocycles. The third-order valence-corrected chi connectivity index (χ3v) is 4.83. The van der Waals surface area contributed by atoms with Gasteiger partial charge in [-0.25, -0.2) is 13.2 Å². The third-order valence-electron chi connectivity index (χ3n) is 3.87. The van der Waals surface area contributed by atoms with Crippen molar-refractivity contribution in [3.63, 3.8) is 0 Å². The van der Waals surface area contributed by atoms with Gasteiger partial charge in [-0.15, -0.1) is 11.3 Å². The van der Waals surface area contributed by atoms with Gasteiger partial charge < -0.3 is 10.1 Å². The molecule has 1 amide bonds. The van der Waals surface area contributed by atoms with Gasteiger partial charge in [-0.05, 0) is 39.0 Å². The Morgan fingerprint density at radius 1 is 1.11 bits per heavy atom. The van der Waals surface area contributed by atoms with Crippen LogP contribution in [0.2, 0.25) is 0 Å². The van der Waals surface area contributed by atoms with E-state index in [0.29, 0.717) is 11.6 Å². The summed E-state index contributed by atoms with van der Waals surface area (Å²) in [7, 11) is 0. The largest absolute Gasteiger partial charge is 0.453 e. The number of benzene rings is 1. The Labute approximate surface area is 163 Å². The summed E-state index contributed by atoms with van der Waals surface area (Å²) in [5.41, 5.74) is -0.0276. The van der Waals surface area contributed by atoms with Gasteiger partial charge in [0.15, 0.2) is 29.3 Å². The first-order valence-corrected chi connectivity index (χ1v) is 9.16. The fraction of sp³-hybridized carbons (Fsp3) is 0.316. The summed E-state index contributed by atoms with van der Waals surface area (Å²) in [6.45, 7) is 4.92. The van der Waals surface area contributed by atoms with E-state index in [1.165, 1.54) is 18.3 Å². The minimum atomic E-state index is -1.72. The van der Waals surface area contributed by atoms with Crippen molar-refractivity contribution >= 4 is 34.7 Å². The molecule has 0 aliphatic rings. The number of anilines is 1. The zero-order chi connectivity index (χ0) is 21.0. The predicted octanol–water partition coefficient (Wildman–Crippen LogP) is 4.32. The van der Waals surface area contributed by atoms with Gasteiger partial charge in [0.05, 0.1) is 12.1 Å². The van der Waals surface area contributed by atoms with Gasteiger partial charge in [0.2, 0.25) is 0 Å². The highest BCUT2D eigenvalue weighted by atomic mass is 32.1. The molecule has 0 radical (unpaired) electrons. The Hall–Kier alpha value is -2.68. The second-order valence-corrected chi connectivity index (χ2v) is 7.55. The maximum absolute atomic E-state index is 13.6. The standard InChI is InChI=1S/C19H18F3NO4S/c1-9-8-12(11(3)28-9)15(24)6-7-16(25)27-10(2)19(26)23-14-5-4-13(20)17(21)18(14)22/h4-5,8,10H,6-7H2,1-3H3,(H,23,26)/t10-/m0/s1. The Bertz CT molecular complexity index is 926. The smallest absolute Gasteiger partial charge is 0.307 e. The molecule has 0 fully saturated rings. The number of hydrogen-bond acceptors (Lipinski definition) is 5. The number of ether oxygens (including phenoxy) is 1. The first-order valence-electron chi connectivity index (χ1n) is 8.34. The molecule has 28 heavy (non-hydrogen) atoms. The van der Waals surface area contributed by atoms with Crippen molar-refractivity contribution < 1.29 is 32.3 Å². The summed E-state index contributed by atoms with van der Waals surface area (Å²) in [5.74, 6) is -6.59. The molecule has 0 unspecified atom stereocenters. The van der Waals surface area contributed by atoms with Crippen LogP contribution in [0.3, 0.4) is 0 Å². The lowest BCUT2D eigenvalue weighted by Gasteiger charge is -2.14. The van der Waals surface area contributed by atoms with E-state index in [-0.39, 0.29) is 18.6 Å². The first kappa shape index (κ1) is 21.6. The molecule has 0 aliphatic carbocycles. The number of Topliss-reactive ketones (excluding diaryl/α,β-unsaturated/α-hetero) is 1. The van der Waals surface area contributed by atoms with Crippen LogP contribution in [0.5, 0.6) is 0 Å². The van der Waals surface area contributed by atoms with Crippen molar-refractivity contribution in [2.24, 2.45) is 0 Å². The van der Waals surface area contributed by atoms with Crippen molar-refractivity contribution in [1.29, 1.82) is 0 Å². The average molecular weight is 413 g/mol. The lowest BCUT2D eigenvalue weighted by molar-refractivity contribution is -0.153. The van der Waals surface area contributed by atoms with Crippen LogP contribution in [0.1, 0.15) is 39.9 Å². The molecule has 5 nitrogen and oxygen atoms in total. The number of amides is 1. The molecule has 0 bridgehead atoms. The molecular weight excluding hydrogens is 395 g/mol. The Balaban J connectivity index is 1.88. The van der Waals surface area contributed by atoms with Crippen molar-refractivity contribution in [2.75, 3.05) is 5.32 Å². The molecule has 150 valence electrons. The van der Waals surface area contributed by atoms with Gasteiger partial charge >= 0.3 is 5.97 Å². The number of nitrogens with one attached hydrogen (secondary N) is 1. The zero-order valence-corrected chi connectivity index (χ0v) is 16.2. The molecule has 1 aromatic carbocycles. The second kappa shape index (κ2) is 9.01. The lowest BCUT2D eigenvalue weighted by atomic mass is 10.1. The van der Waals surface area contributed by atoms with Gasteiger partial charge in [0.1, 0.15) is 0 Å². The van der Waals surface area contributed by atoms with E-state index in [1.807, 2.05) is 19.2 Å². The highest BCUT2D eigenvalue weighted by Crippen LogP contribution is 2.23. The first-order chi connectivity index (χ1) is 13.1. The van der Waals surface area contributed by atoms with E-state index in [2.05, 4.69) is 0 Å². The van der Waals surface area contributed by atoms with Crippen molar-refractivity contribution in [2.45, 2.75) is 39.7 Å². The quantitative estimate of drug-likeness (QED) is 0.417. The fourth-order valence-corrected chi connectivity index (χ4v) is 3.37. The maximum Gasteiger partial charge on any atom is 0.307 e. The number of carbonyl (C=O) groups excluding carboxylic acids is 3. The van der Waals surface area contributed by atoms with Crippen molar-refractivity contribution in [3.8, 4) is 0 Å². The van der Waals surface area contributed by atoms with Crippen LogP contribution < -0.4 is 5.32 Å². The molecular formula is C19H18F3NO4S. The number of rotatable bonds is 7. The van der Waals surface area contributed by atoms with Crippen LogP contribution >= 0.6 is 11.3 Å². The van der Waals surface area contributed by atoms with Crippen LogP contribution in [0.25, 0.3) is 0 Å². The molecule has 0 spiro atoms. The lowest BCUT2D eigenvalue weighted by Crippen LogP contribution is -2.30. The van der Waals surface area contributed by atoms with Gasteiger partial charge in [0.25, 0.3) is 5.91 Å². The van der Waals surface area contributed by atoms with Gasteiger partial charge in [-0.2, -0.15) is 0 Å². The summed E-state index contributed by atoms with van der Waals surface area (Å²) in [6, 6.07) is 3.26.